The molecule has 7 heteroatoms. The number of hydrogen-bond donors (Lipinski definition) is 0. The molecule has 1 saturated heterocycles. The predicted octanol–water partition coefficient (Wildman–Crippen LogP) is 2.84. The van der Waals surface area contributed by atoms with Gasteiger partial charge in [0, 0.05) is 19.3 Å². The first-order valence-corrected chi connectivity index (χ1v) is 7.36. The van der Waals surface area contributed by atoms with Crippen LogP contribution in [0.4, 0.5) is 4.79 Å². The smallest absolute Gasteiger partial charge is 0.410 e. The number of hydrogen-bond acceptors (Lipinski definition) is 4. The van der Waals surface area contributed by atoms with Crippen LogP contribution in [0, 0.1) is 0 Å². The molecule has 6 nitrogen and oxygen atoms in total. The third-order valence-electron chi connectivity index (χ3n) is 3.04. The molecule has 0 N–H and O–H groups in total. The first-order chi connectivity index (χ1) is 9.30. The quantitative estimate of drug-likeness (QED) is 0.826. The van der Waals surface area contributed by atoms with E-state index in [-0.39, 0.29) is 12.1 Å². The number of ether oxygens (including phenoxy) is 2. The molecule has 2 heterocycles. The SMILES string of the molecule is COc1nn([C@@H]2CCN(C(=O)OC(C)(C)C)C2)cc1Br. The molecule has 1 atom stereocenters. The van der Waals surface area contributed by atoms with Gasteiger partial charge in [-0.15, -0.1) is 5.10 Å². The Morgan fingerprint density at radius 2 is 2.20 bits per heavy atom. The summed E-state index contributed by atoms with van der Waals surface area (Å²) in [5.74, 6) is 0.556. The minimum Gasteiger partial charge on any atom is -0.479 e. The first kappa shape index (κ1) is 15.2. The van der Waals surface area contributed by atoms with Crippen LogP contribution in [0.3, 0.4) is 0 Å². The van der Waals surface area contributed by atoms with Crippen molar-refractivity contribution in [1.29, 1.82) is 0 Å². The van der Waals surface area contributed by atoms with E-state index in [1.165, 1.54) is 0 Å². The van der Waals surface area contributed by atoms with Crippen LogP contribution in [0.2, 0.25) is 0 Å². The van der Waals surface area contributed by atoms with Crippen molar-refractivity contribution in [3.8, 4) is 5.88 Å². The van der Waals surface area contributed by atoms with Gasteiger partial charge in [0.25, 0.3) is 0 Å². The second-order valence-electron chi connectivity index (χ2n) is 5.84. The Morgan fingerprint density at radius 1 is 1.50 bits per heavy atom. The summed E-state index contributed by atoms with van der Waals surface area (Å²) in [6.07, 6.45) is 2.47. The zero-order valence-corrected chi connectivity index (χ0v) is 13.8. The Bertz CT molecular complexity index is 496. The molecule has 0 bridgehead atoms. The summed E-state index contributed by atoms with van der Waals surface area (Å²) >= 11 is 3.39. The normalized spacial score (nSPS) is 19.2. The molecule has 1 aromatic rings. The van der Waals surface area contributed by atoms with Gasteiger partial charge in [-0.25, -0.2) is 4.79 Å². The zero-order chi connectivity index (χ0) is 14.9. The Labute approximate surface area is 127 Å². The number of amides is 1. The van der Waals surface area contributed by atoms with Gasteiger partial charge in [0.2, 0.25) is 5.88 Å². The third kappa shape index (κ3) is 3.45. The Kier molecular flexibility index (Phi) is 4.27. The van der Waals surface area contributed by atoms with Crippen LogP contribution in [-0.2, 0) is 4.74 Å². The fourth-order valence-corrected chi connectivity index (χ4v) is 2.58. The molecule has 0 aliphatic carbocycles. The highest BCUT2D eigenvalue weighted by atomic mass is 79.9. The lowest BCUT2D eigenvalue weighted by atomic mass is 10.2. The van der Waals surface area contributed by atoms with Crippen molar-refractivity contribution in [1.82, 2.24) is 14.7 Å². The van der Waals surface area contributed by atoms with E-state index in [2.05, 4.69) is 21.0 Å². The van der Waals surface area contributed by atoms with E-state index in [1.54, 1.807) is 12.0 Å². The van der Waals surface area contributed by atoms with Crippen LogP contribution in [0.5, 0.6) is 5.88 Å². The largest absolute Gasteiger partial charge is 0.479 e. The topological polar surface area (TPSA) is 56.6 Å². The standard InChI is InChI=1S/C13H20BrN3O3/c1-13(2,3)20-12(18)16-6-5-9(7-16)17-8-10(14)11(15-17)19-4/h8-9H,5-7H2,1-4H3/t9-/m1/s1. The maximum absolute atomic E-state index is 12.0. The highest BCUT2D eigenvalue weighted by molar-refractivity contribution is 9.10. The van der Waals surface area contributed by atoms with E-state index in [0.29, 0.717) is 19.0 Å². The Morgan fingerprint density at radius 3 is 2.75 bits per heavy atom. The number of methoxy groups -OCH3 is 1. The monoisotopic (exact) mass is 345 g/mol. The molecule has 1 amide bonds. The molecule has 1 aromatic heterocycles. The number of halogens is 1. The van der Waals surface area contributed by atoms with Crippen molar-refractivity contribution in [2.45, 2.75) is 38.8 Å². The highest BCUT2D eigenvalue weighted by Gasteiger charge is 2.31. The summed E-state index contributed by atoms with van der Waals surface area (Å²) in [5, 5.41) is 4.35. The van der Waals surface area contributed by atoms with Crippen LogP contribution in [-0.4, -0.2) is 46.6 Å². The molecule has 112 valence electrons. The van der Waals surface area contributed by atoms with Gasteiger partial charge in [-0.3, -0.25) is 4.68 Å². The molecule has 0 spiro atoms. The van der Waals surface area contributed by atoms with Gasteiger partial charge < -0.3 is 14.4 Å². The molecule has 0 saturated carbocycles. The molecule has 2 rings (SSSR count). The van der Waals surface area contributed by atoms with Crippen LogP contribution in [0.1, 0.15) is 33.2 Å². The molecule has 0 aromatic carbocycles. The van der Waals surface area contributed by atoms with Crippen molar-refractivity contribution >= 4 is 22.0 Å². The van der Waals surface area contributed by atoms with Gasteiger partial charge in [0.1, 0.15) is 5.60 Å². The molecular weight excluding hydrogens is 326 g/mol. The molecule has 1 fully saturated rings. The summed E-state index contributed by atoms with van der Waals surface area (Å²) < 4.78 is 13.2. The van der Waals surface area contributed by atoms with E-state index >= 15 is 0 Å². The molecule has 1 aliphatic heterocycles. The minimum atomic E-state index is -0.465. The molecule has 0 unspecified atom stereocenters. The van der Waals surface area contributed by atoms with Crippen molar-refractivity contribution in [3.05, 3.63) is 10.7 Å². The summed E-state index contributed by atoms with van der Waals surface area (Å²) in [7, 11) is 1.58. The second kappa shape index (κ2) is 5.63. The fraction of sp³-hybridized carbons (Fsp3) is 0.692. The summed E-state index contributed by atoms with van der Waals surface area (Å²) in [5.41, 5.74) is -0.465. The second-order valence-corrected chi connectivity index (χ2v) is 6.69. The van der Waals surface area contributed by atoms with Crippen LogP contribution < -0.4 is 4.74 Å². The van der Waals surface area contributed by atoms with E-state index < -0.39 is 5.60 Å². The number of aromatic nitrogens is 2. The minimum absolute atomic E-state index is 0.155. The summed E-state index contributed by atoms with van der Waals surface area (Å²) in [6.45, 7) is 6.89. The van der Waals surface area contributed by atoms with Gasteiger partial charge in [-0.1, -0.05) is 0 Å². The molecule has 0 radical (unpaired) electrons. The van der Waals surface area contributed by atoms with E-state index in [0.717, 1.165) is 10.9 Å². The van der Waals surface area contributed by atoms with Crippen molar-refractivity contribution < 1.29 is 14.3 Å². The van der Waals surface area contributed by atoms with E-state index in [4.69, 9.17) is 9.47 Å². The van der Waals surface area contributed by atoms with Crippen molar-refractivity contribution in [2.75, 3.05) is 20.2 Å². The van der Waals surface area contributed by atoms with Gasteiger partial charge >= 0.3 is 6.09 Å². The maximum Gasteiger partial charge on any atom is 0.410 e. The van der Waals surface area contributed by atoms with Gasteiger partial charge in [0.15, 0.2) is 0 Å². The zero-order valence-electron chi connectivity index (χ0n) is 12.2. The highest BCUT2D eigenvalue weighted by Crippen LogP contribution is 2.28. The van der Waals surface area contributed by atoms with Crippen molar-refractivity contribution in [3.63, 3.8) is 0 Å². The average molecular weight is 346 g/mol. The average Bonchev–Trinajstić information content (AvgIpc) is 2.92. The third-order valence-corrected chi connectivity index (χ3v) is 3.58. The van der Waals surface area contributed by atoms with Crippen LogP contribution in [0.15, 0.2) is 10.7 Å². The number of rotatable bonds is 2. The maximum atomic E-state index is 12.0. The van der Waals surface area contributed by atoms with Gasteiger partial charge in [-0.05, 0) is 43.1 Å². The molecular formula is C13H20BrN3O3. The molecule has 1 aliphatic rings. The van der Waals surface area contributed by atoms with Gasteiger partial charge in [-0.2, -0.15) is 0 Å². The summed E-state index contributed by atoms with van der Waals surface area (Å²) in [6, 6.07) is 0.155. The van der Waals surface area contributed by atoms with Gasteiger partial charge in [0.05, 0.1) is 17.6 Å². The lowest BCUT2D eigenvalue weighted by Gasteiger charge is -2.24. The number of carbonyl (C=O) groups is 1. The lowest BCUT2D eigenvalue weighted by Crippen LogP contribution is -2.35. The molecule has 20 heavy (non-hydrogen) atoms. The predicted molar refractivity (Wildman–Crippen MR) is 77.9 cm³/mol. The lowest BCUT2D eigenvalue weighted by molar-refractivity contribution is 0.0288. The van der Waals surface area contributed by atoms with Crippen LogP contribution >= 0.6 is 15.9 Å². The van der Waals surface area contributed by atoms with E-state index in [1.807, 2.05) is 31.6 Å². The Hall–Kier alpha value is -1.24. The number of likely N-dealkylation sites (tertiary alicyclic amines) is 1. The van der Waals surface area contributed by atoms with Crippen LogP contribution in [0.25, 0.3) is 0 Å². The number of carbonyl (C=O) groups excluding carboxylic acids is 1. The number of nitrogens with zero attached hydrogens (tertiary/aromatic N) is 3. The fourth-order valence-electron chi connectivity index (χ4n) is 2.13. The van der Waals surface area contributed by atoms with E-state index in [9.17, 15) is 4.79 Å². The first-order valence-electron chi connectivity index (χ1n) is 6.56. The Balaban J connectivity index is 1.99. The van der Waals surface area contributed by atoms with Crippen molar-refractivity contribution in [2.24, 2.45) is 0 Å². The summed E-state index contributed by atoms with van der Waals surface area (Å²) in [4.78, 5) is 13.7.